The van der Waals surface area contributed by atoms with Gasteiger partial charge < -0.3 is 0 Å². The van der Waals surface area contributed by atoms with Crippen LogP contribution in [0.3, 0.4) is 0 Å². The van der Waals surface area contributed by atoms with Gasteiger partial charge in [-0.2, -0.15) is 0 Å². The Morgan fingerprint density at radius 1 is 1.10 bits per heavy atom. The highest BCUT2D eigenvalue weighted by molar-refractivity contribution is 5.97. The highest BCUT2D eigenvalue weighted by atomic mass is 19.1. The molecule has 0 saturated carbocycles. The first kappa shape index (κ1) is 14.4. The average Bonchev–Trinajstić information content (AvgIpc) is 2.49. The highest BCUT2D eigenvalue weighted by Crippen LogP contribution is 2.19. The van der Waals surface area contributed by atoms with Crippen LogP contribution in [0.5, 0.6) is 0 Å². The van der Waals surface area contributed by atoms with Gasteiger partial charge >= 0.3 is 0 Å². The van der Waals surface area contributed by atoms with E-state index < -0.39 is 0 Å². The Kier molecular flexibility index (Phi) is 4.67. The van der Waals surface area contributed by atoms with Crippen molar-refractivity contribution in [1.82, 2.24) is 0 Å². The predicted octanol–water partition coefficient (Wildman–Crippen LogP) is 4.76. The molecule has 0 N–H and O–H groups in total. The van der Waals surface area contributed by atoms with E-state index in [0.717, 1.165) is 6.42 Å². The number of hydrogen-bond acceptors (Lipinski definition) is 1. The smallest absolute Gasteiger partial charge is 0.167 e. The van der Waals surface area contributed by atoms with Gasteiger partial charge in [-0.25, -0.2) is 4.39 Å². The molecule has 0 aliphatic heterocycles. The molecule has 20 heavy (non-hydrogen) atoms. The Morgan fingerprint density at radius 3 is 2.35 bits per heavy atom. The average molecular weight is 270 g/mol. The molecular formula is C18H19FO. The molecule has 0 aromatic heterocycles. The fourth-order valence-electron chi connectivity index (χ4n) is 2.15. The fourth-order valence-corrected chi connectivity index (χ4v) is 2.15. The normalized spacial score (nSPS) is 12.2. The van der Waals surface area contributed by atoms with Crippen molar-refractivity contribution in [2.75, 3.05) is 0 Å². The zero-order valence-corrected chi connectivity index (χ0v) is 11.9. The van der Waals surface area contributed by atoms with Gasteiger partial charge in [-0.3, -0.25) is 4.79 Å². The quantitative estimate of drug-likeness (QED) is 0.716. The predicted molar refractivity (Wildman–Crippen MR) is 79.6 cm³/mol. The van der Waals surface area contributed by atoms with Gasteiger partial charge in [-0.05, 0) is 29.5 Å². The Balaban J connectivity index is 2.12. The van der Waals surface area contributed by atoms with E-state index in [9.17, 15) is 9.18 Å². The van der Waals surface area contributed by atoms with Crippen molar-refractivity contribution in [3.63, 3.8) is 0 Å². The zero-order valence-electron chi connectivity index (χ0n) is 11.9. The van der Waals surface area contributed by atoms with Crippen molar-refractivity contribution in [2.45, 2.75) is 32.6 Å². The molecule has 1 unspecified atom stereocenters. The van der Waals surface area contributed by atoms with Gasteiger partial charge in [-0.15, -0.1) is 0 Å². The second kappa shape index (κ2) is 6.47. The summed E-state index contributed by atoms with van der Waals surface area (Å²) in [5.41, 5.74) is 2.32. The molecule has 1 nitrogen and oxygen atoms in total. The minimum Gasteiger partial charge on any atom is -0.294 e. The lowest BCUT2D eigenvalue weighted by molar-refractivity contribution is 0.0992. The summed E-state index contributed by atoms with van der Waals surface area (Å²) < 4.78 is 13.5. The maximum atomic E-state index is 13.5. The Labute approximate surface area is 119 Å². The summed E-state index contributed by atoms with van der Waals surface area (Å²) in [4.78, 5) is 12.2. The number of Topliss-reactive ketones (excluding diaryl/α,β-unsaturated/α-hetero) is 1. The minimum absolute atomic E-state index is 0.0502. The van der Waals surface area contributed by atoms with Crippen LogP contribution >= 0.6 is 0 Å². The highest BCUT2D eigenvalue weighted by Gasteiger charge is 2.11. The van der Waals surface area contributed by atoms with Crippen LogP contribution in [0.15, 0.2) is 48.5 Å². The standard InChI is InChI=1S/C18H19FO/c1-3-13(2)14-8-10-15(11-9-14)18(20)12-16-6-4-5-7-17(16)19/h4-11,13H,3,12H2,1-2H3. The Morgan fingerprint density at radius 2 is 1.75 bits per heavy atom. The van der Waals surface area contributed by atoms with Crippen LogP contribution in [0.25, 0.3) is 0 Å². The van der Waals surface area contributed by atoms with Gasteiger partial charge in [0.2, 0.25) is 0 Å². The van der Waals surface area contributed by atoms with E-state index in [4.69, 9.17) is 0 Å². The third-order valence-electron chi connectivity index (χ3n) is 3.72. The minimum atomic E-state index is -0.322. The number of rotatable bonds is 5. The third-order valence-corrected chi connectivity index (χ3v) is 3.72. The molecule has 0 aliphatic rings. The Bertz CT molecular complexity index is 587. The van der Waals surface area contributed by atoms with Gasteiger partial charge in [0.15, 0.2) is 5.78 Å². The molecule has 2 rings (SSSR count). The van der Waals surface area contributed by atoms with E-state index in [-0.39, 0.29) is 18.0 Å². The lowest BCUT2D eigenvalue weighted by atomic mass is 9.95. The maximum Gasteiger partial charge on any atom is 0.167 e. The summed E-state index contributed by atoms with van der Waals surface area (Å²) in [6, 6.07) is 14.1. The first-order valence-corrected chi connectivity index (χ1v) is 6.98. The van der Waals surface area contributed by atoms with Crippen LogP contribution in [0.4, 0.5) is 4.39 Å². The molecular weight excluding hydrogens is 251 g/mol. The molecule has 0 fully saturated rings. The molecule has 2 heteroatoms. The molecule has 0 radical (unpaired) electrons. The van der Waals surface area contributed by atoms with E-state index in [2.05, 4.69) is 13.8 Å². The molecule has 0 heterocycles. The van der Waals surface area contributed by atoms with Crippen molar-refractivity contribution in [1.29, 1.82) is 0 Å². The number of carbonyl (C=O) groups excluding carboxylic acids is 1. The number of carbonyl (C=O) groups is 1. The van der Waals surface area contributed by atoms with Crippen molar-refractivity contribution in [3.05, 3.63) is 71.0 Å². The lowest BCUT2D eigenvalue weighted by Crippen LogP contribution is -2.05. The van der Waals surface area contributed by atoms with E-state index in [1.54, 1.807) is 18.2 Å². The van der Waals surface area contributed by atoms with Gasteiger partial charge in [-0.1, -0.05) is 56.3 Å². The van der Waals surface area contributed by atoms with Gasteiger partial charge in [0.25, 0.3) is 0 Å². The molecule has 2 aromatic carbocycles. The molecule has 0 aliphatic carbocycles. The van der Waals surface area contributed by atoms with Crippen LogP contribution in [0.1, 0.15) is 47.7 Å². The fraction of sp³-hybridized carbons (Fsp3) is 0.278. The SMILES string of the molecule is CCC(C)c1ccc(C(=O)Cc2ccccc2F)cc1. The van der Waals surface area contributed by atoms with Crippen molar-refractivity contribution >= 4 is 5.78 Å². The van der Waals surface area contributed by atoms with E-state index in [0.29, 0.717) is 17.0 Å². The summed E-state index contributed by atoms with van der Waals surface area (Å²) >= 11 is 0. The zero-order chi connectivity index (χ0) is 14.5. The summed E-state index contributed by atoms with van der Waals surface area (Å²) in [6.45, 7) is 4.30. The largest absolute Gasteiger partial charge is 0.294 e. The molecule has 0 spiro atoms. The topological polar surface area (TPSA) is 17.1 Å². The van der Waals surface area contributed by atoms with Crippen LogP contribution in [0, 0.1) is 5.82 Å². The molecule has 2 aromatic rings. The first-order chi connectivity index (χ1) is 9.61. The van der Waals surface area contributed by atoms with Gasteiger partial charge in [0.05, 0.1) is 0 Å². The van der Waals surface area contributed by atoms with E-state index in [1.807, 2.05) is 24.3 Å². The summed E-state index contributed by atoms with van der Waals surface area (Å²) in [5.74, 6) is 0.119. The number of benzene rings is 2. The van der Waals surface area contributed by atoms with Crippen LogP contribution < -0.4 is 0 Å². The second-order valence-electron chi connectivity index (χ2n) is 5.12. The van der Waals surface area contributed by atoms with Crippen molar-refractivity contribution in [3.8, 4) is 0 Å². The van der Waals surface area contributed by atoms with Gasteiger partial charge in [0.1, 0.15) is 5.82 Å². The van der Waals surface area contributed by atoms with Gasteiger partial charge in [0, 0.05) is 12.0 Å². The monoisotopic (exact) mass is 270 g/mol. The Hall–Kier alpha value is -1.96. The maximum absolute atomic E-state index is 13.5. The third kappa shape index (κ3) is 3.32. The van der Waals surface area contributed by atoms with Crippen LogP contribution in [-0.4, -0.2) is 5.78 Å². The van der Waals surface area contributed by atoms with E-state index in [1.165, 1.54) is 11.6 Å². The first-order valence-electron chi connectivity index (χ1n) is 6.98. The molecule has 104 valence electrons. The number of hydrogen-bond donors (Lipinski definition) is 0. The molecule has 1 atom stereocenters. The number of ketones is 1. The summed E-state index contributed by atoms with van der Waals surface area (Å²) in [5, 5.41) is 0. The summed E-state index contributed by atoms with van der Waals surface area (Å²) in [6.07, 6.45) is 1.18. The second-order valence-corrected chi connectivity index (χ2v) is 5.12. The summed E-state index contributed by atoms with van der Waals surface area (Å²) in [7, 11) is 0. The van der Waals surface area contributed by atoms with Crippen molar-refractivity contribution in [2.24, 2.45) is 0 Å². The molecule has 0 amide bonds. The van der Waals surface area contributed by atoms with Crippen LogP contribution in [-0.2, 0) is 6.42 Å². The van der Waals surface area contributed by atoms with Crippen molar-refractivity contribution < 1.29 is 9.18 Å². The lowest BCUT2D eigenvalue weighted by Gasteiger charge is -2.09. The number of halogens is 1. The van der Waals surface area contributed by atoms with Crippen LogP contribution in [0.2, 0.25) is 0 Å². The molecule has 0 bridgehead atoms. The molecule has 0 saturated heterocycles. The van der Waals surface area contributed by atoms with E-state index >= 15 is 0 Å².